The number of anilines is 1. The standard InChI is InChI=1S/C21H22N2O4/c1-14(2)22-21(26)23-18-11-9-16(10-12-18)19(24)13-6-15-4-7-17(8-5-15)20(25)27-3/h4-14H,1-3H3,(H2,22,23,26). The van der Waals surface area contributed by atoms with Crippen LogP contribution in [0, 0.1) is 0 Å². The van der Waals surface area contributed by atoms with Crippen molar-refractivity contribution < 1.29 is 19.1 Å². The average Bonchev–Trinajstić information content (AvgIpc) is 2.65. The van der Waals surface area contributed by atoms with E-state index in [1.165, 1.54) is 13.2 Å². The minimum absolute atomic E-state index is 0.0395. The van der Waals surface area contributed by atoms with E-state index >= 15 is 0 Å². The molecule has 2 amide bonds. The molecule has 140 valence electrons. The molecule has 6 nitrogen and oxygen atoms in total. The minimum atomic E-state index is -0.405. The van der Waals surface area contributed by atoms with E-state index in [1.54, 1.807) is 54.6 Å². The Bertz CT molecular complexity index is 837. The van der Waals surface area contributed by atoms with Crippen molar-refractivity contribution in [3.63, 3.8) is 0 Å². The predicted molar refractivity (Wildman–Crippen MR) is 105 cm³/mol. The lowest BCUT2D eigenvalue weighted by molar-refractivity contribution is 0.0600. The van der Waals surface area contributed by atoms with Gasteiger partial charge in [-0.15, -0.1) is 0 Å². The third-order valence-electron chi connectivity index (χ3n) is 3.61. The monoisotopic (exact) mass is 366 g/mol. The van der Waals surface area contributed by atoms with Gasteiger partial charge in [0, 0.05) is 17.3 Å². The summed E-state index contributed by atoms with van der Waals surface area (Å²) in [6.07, 6.45) is 3.13. The number of nitrogens with one attached hydrogen (secondary N) is 2. The van der Waals surface area contributed by atoms with Gasteiger partial charge in [-0.05, 0) is 61.9 Å². The van der Waals surface area contributed by atoms with Gasteiger partial charge in [-0.25, -0.2) is 9.59 Å². The van der Waals surface area contributed by atoms with E-state index in [1.807, 2.05) is 13.8 Å². The van der Waals surface area contributed by atoms with Crippen LogP contribution >= 0.6 is 0 Å². The van der Waals surface area contributed by atoms with Crippen LogP contribution in [0.1, 0.15) is 40.1 Å². The van der Waals surface area contributed by atoms with Crippen molar-refractivity contribution in [2.75, 3.05) is 12.4 Å². The van der Waals surface area contributed by atoms with Crippen LogP contribution in [0.5, 0.6) is 0 Å². The summed E-state index contributed by atoms with van der Waals surface area (Å²) < 4.78 is 4.64. The third-order valence-corrected chi connectivity index (χ3v) is 3.61. The van der Waals surface area contributed by atoms with E-state index in [0.717, 1.165) is 5.56 Å². The zero-order chi connectivity index (χ0) is 19.8. The van der Waals surface area contributed by atoms with Crippen LogP contribution in [-0.4, -0.2) is 30.9 Å². The van der Waals surface area contributed by atoms with Gasteiger partial charge in [-0.3, -0.25) is 4.79 Å². The number of carbonyl (C=O) groups is 3. The molecule has 0 bridgehead atoms. The van der Waals surface area contributed by atoms with Gasteiger partial charge in [0.25, 0.3) is 0 Å². The fourth-order valence-electron chi connectivity index (χ4n) is 2.26. The summed E-state index contributed by atoms with van der Waals surface area (Å²) in [6.45, 7) is 3.74. The minimum Gasteiger partial charge on any atom is -0.465 e. The molecule has 0 aromatic heterocycles. The highest BCUT2D eigenvalue weighted by molar-refractivity contribution is 6.07. The van der Waals surface area contributed by atoms with Crippen molar-refractivity contribution in [2.24, 2.45) is 0 Å². The maximum absolute atomic E-state index is 12.3. The largest absolute Gasteiger partial charge is 0.465 e. The highest BCUT2D eigenvalue weighted by Gasteiger charge is 2.06. The van der Waals surface area contributed by atoms with Crippen LogP contribution in [0.15, 0.2) is 54.6 Å². The normalized spacial score (nSPS) is 10.7. The van der Waals surface area contributed by atoms with Gasteiger partial charge < -0.3 is 15.4 Å². The van der Waals surface area contributed by atoms with E-state index in [9.17, 15) is 14.4 Å². The zero-order valence-corrected chi connectivity index (χ0v) is 15.5. The number of methoxy groups -OCH3 is 1. The Kier molecular flexibility index (Phi) is 6.88. The molecule has 27 heavy (non-hydrogen) atoms. The van der Waals surface area contributed by atoms with Gasteiger partial charge in [0.05, 0.1) is 12.7 Å². The molecule has 2 aromatic rings. The molecule has 0 aliphatic rings. The number of benzene rings is 2. The Labute approximate surface area is 158 Å². The summed E-state index contributed by atoms with van der Waals surface area (Å²) in [5.74, 6) is -0.567. The molecule has 0 atom stereocenters. The quantitative estimate of drug-likeness (QED) is 0.461. The third kappa shape index (κ3) is 6.11. The van der Waals surface area contributed by atoms with Gasteiger partial charge in [-0.1, -0.05) is 18.2 Å². The van der Waals surface area contributed by atoms with Crippen molar-refractivity contribution in [1.29, 1.82) is 0 Å². The second kappa shape index (κ2) is 9.33. The molecule has 0 saturated heterocycles. The number of carbonyl (C=O) groups excluding carboxylic acids is 3. The summed E-state index contributed by atoms with van der Waals surface area (Å²) in [4.78, 5) is 35.3. The molecular weight excluding hydrogens is 344 g/mol. The summed E-state index contributed by atoms with van der Waals surface area (Å²) in [7, 11) is 1.33. The summed E-state index contributed by atoms with van der Waals surface area (Å²) in [6, 6.07) is 13.1. The Balaban J connectivity index is 1.98. The van der Waals surface area contributed by atoms with Crippen LogP contribution in [0.3, 0.4) is 0 Å². The zero-order valence-electron chi connectivity index (χ0n) is 15.5. The molecule has 2 aromatic carbocycles. The van der Waals surface area contributed by atoms with Crippen LogP contribution < -0.4 is 10.6 Å². The molecular formula is C21H22N2O4. The lowest BCUT2D eigenvalue weighted by Gasteiger charge is -2.10. The first kappa shape index (κ1) is 19.9. The van der Waals surface area contributed by atoms with Gasteiger partial charge in [0.2, 0.25) is 0 Å². The number of ketones is 1. The highest BCUT2D eigenvalue weighted by Crippen LogP contribution is 2.12. The van der Waals surface area contributed by atoms with Crippen molar-refractivity contribution >= 4 is 29.5 Å². The maximum Gasteiger partial charge on any atom is 0.337 e. The highest BCUT2D eigenvalue weighted by atomic mass is 16.5. The second-order valence-electron chi connectivity index (χ2n) is 6.14. The maximum atomic E-state index is 12.3. The first-order valence-corrected chi connectivity index (χ1v) is 8.47. The van der Waals surface area contributed by atoms with E-state index < -0.39 is 5.97 Å². The van der Waals surface area contributed by atoms with Gasteiger partial charge in [-0.2, -0.15) is 0 Å². The Hall–Kier alpha value is -3.41. The van der Waals surface area contributed by atoms with E-state index in [2.05, 4.69) is 15.4 Å². The summed E-state index contributed by atoms with van der Waals surface area (Å²) in [5, 5.41) is 5.42. The molecule has 0 radical (unpaired) electrons. The van der Waals surface area contributed by atoms with Crippen LogP contribution in [0.2, 0.25) is 0 Å². The van der Waals surface area contributed by atoms with Gasteiger partial charge in [0.1, 0.15) is 0 Å². The molecule has 0 spiro atoms. The molecule has 0 aliphatic carbocycles. The molecule has 0 unspecified atom stereocenters. The number of esters is 1. The van der Waals surface area contributed by atoms with Crippen LogP contribution in [-0.2, 0) is 4.74 Å². The second-order valence-corrected chi connectivity index (χ2v) is 6.14. The number of urea groups is 1. The van der Waals surface area contributed by atoms with E-state index in [0.29, 0.717) is 16.8 Å². The predicted octanol–water partition coefficient (Wildman–Crippen LogP) is 3.90. The van der Waals surface area contributed by atoms with Crippen molar-refractivity contribution in [3.8, 4) is 0 Å². The average molecular weight is 366 g/mol. The lowest BCUT2D eigenvalue weighted by atomic mass is 10.1. The fraction of sp³-hybridized carbons (Fsp3) is 0.190. The smallest absolute Gasteiger partial charge is 0.337 e. The van der Waals surface area contributed by atoms with Crippen LogP contribution in [0.4, 0.5) is 10.5 Å². The lowest BCUT2D eigenvalue weighted by Crippen LogP contribution is -2.34. The van der Waals surface area contributed by atoms with E-state index in [-0.39, 0.29) is 17.9 Å². The summed E-state index contributed by atoms with van der Waals surface area (Å²) in [5.41, 5.74) is 2.35. The number of hydrogen-bond acceptors (Lipinski definition) is 4. The van der Waals surface area contributed by atoms with Gasteiger partial charge in [0.15, 0.2) is 5.78 Å². The number of allylic oxidation sites excluding steroid dienone is 1. The van der Waals surface area contributed by atoms with Crippen molar-refractivity contribution in [1.82, 2.24) is 5.32 Å². The molecule has 6 heteroatoms. The Morgan fingerprint density at radius 2 is 1.52 bits per heavy atom. The first-order chi connectivity index (χ1) is 12.9. The fourth-order valence-corrected chi connectivity index (χ4v) is 2.26. The molecule has 0 fully saturated rings. The van der Waals surface area contributed by atoms with Crippen molar-refractivity contribution in [3.05, 3.63) is 71.3 Å². The number of rotatable bonds is 6. The van der Waals surface area contributed by atoms with Gasteiger partial charge >= 0.3 is 12.0 Å². The number of ether oxygens (including phenoxy) is 1. The Morgan fingerprint density at radius 3 is 2.07 bits per heavy atom. The number of amides is 2. The molecule has 0 aliphatic heterocycles. The van der Waals surface area contributed by atoms with Crippen molar-refractivity contribution in [2.45, 2.75) is 19.9 Å². The van der Waals surface area contributed by atoms with E-state index in [4.69, 9.17) is 0 Å². The Morgan fingerprint density at radius 1 is 0.926 bits per heavy atom. The molecule has 0 saturated carbocycles. The SMILES string of the molecule is COC(=O)c1ccc(C=CC(=O)c2ccc(NC(=O)NC(C)C)cc2)cc1. The topological polar surface area (TPSA) is 84.5 Å². The molecule has 2 N–H and O–H groups in total. The number of hydrogen-bond donors (Lipinski definition) is 2. The first-order valence-electron chi connectivity index (χ1n) is 8.47. The van der Waals surface area contributed by atoms with Crippen LogP contribution in [0.25, 0.3) is 6.08 Å². The molecule has 0 heterocycles. The molecule has 2 rings (SSSR count). The summed E-state index contributed by atoms with van der Waals surface area (Å²) >= 11 is 0.